The third-order valence-corrected chi connectivity index (χ3v) is 6.01. The fourth-order valence-electron chi connectivity index (χ4n) is 3.99. The topological polar surface area (TPSA) is 77.2 Å². The summed E-state index contributed by atoms with van der Waals surface area (Å²) in [6, 6.07) is 0.0683. The van der Waals surface area contributed by atoms with E-state index in [0.717, 1.165) is 64.2 Å². The van der Waals surface area contributed by atoms with Gasteiger partial charge in [0.1, 0.15) is 5.02 Å². The molecule has 152 valence electrons. The van der Waals surface area contributed by atoms with Crippen LogP contribution in [0.3, 0.4) is 0 Å². The summed E-state index contributed by atoms with van der Waals surface area (Å²) in [5.41, 5.74) is 1.51. The molecule has 4 rings (SSSR count). The van der Waals surface area contributed by atoms with E-state index in [2.05, 4.69) is 20.4 Å². The first-order chi connectivity index (χ1) is 13.6. The Hall–Kier alpha value is -2.06. The molecule has 2 saturated heterocycles. The minimum Gasteiger partial charge on any atom is -0.382 e. The molecule has 28 heavy (non-hydrogen) atoms. The highest BCUT2D eigenvalue weighted by atomic mass is 35.5. The van der Waals surface area contributed by atoms with Gasteiger partial charge in [0.2, 0.25) is 0 Å². The molecule has 2 aliphatic rings. The highest BCUT2D eigenvalue weighted by Crippen LogP contribution is 2.26. The molecule has 2 aliphatic heterocycles. The first-order valence-corrected chi connectivity index (χ1v) is 10.3. The van der Waals surface area contributed by atoms with E-state index in [1.807, 2.05) is 19.4 Å². The summed E-state index contributed by atoms with van der Waals surface area (Å²) < 4.78 is 8.86. The van der Waals surface area contributed by atoms with Gasteiger partial charge in [0.05, 0.1) is 36.4 Å². The van der Waals surface area contributed by atoms with Crippen LogP contribution in [0.25, 0.3) is 0 Å². The predicted octanol–water partition coefficient (Wildman–Crippen LogP) is 2.31. The number of piperidine rings is 1. The van der Waals surface area contributed by atoms with E-state index in [0.29, 0.717) is 11.6 Å². The maximum Gasteiger partial charge on any atom is 0.287 e. The molecule has 2 fully saturated rings. The van der Waals surface area contributed by atoms with Gasteiger partial charge in [-0.25, -0.2) is 4.68 Å². The molecule has 0 bridgehead atoms. The average Bonchev–Trinajstić information content (AvgIpc) is 3.16. The summed E-state index contributed by atoms with van der Waals surface area (Å²) in [4.78, 5) is 15.1. The number of ether oxygens (including phenoxy) is 1. The van der Waals surface area contributed by atoms with E-state index in [9.17, 15) is 4.79 Å². The zero-order valence-corrected chi connectivity index (χ0v) is 16.9. The van der Waals surface area contributed by atoms with E-state index in [1.54, 1.807) is 15.6 Å². The number of rotatable bonds is 5. The Morgan fingerprint density at radius 1 is 1.25 bits per heavy atom. The van der Waals surface area contributed by atoms with Crippen LogP contribution in [0.2, 0.25) is 5.02 Å². The molecule has 1 atom stereocenters. The van der Waals surface area contributed by atoms with E-state index in [4.69, 9.17) is 16.3 Å². The maximum absolute atomic E-state index is 12.8. The minimum atomic E-state index is -0.216. The van der Waals surface area contributed by atoms with Crippen LogP contribution in [0, 0.1) is 5.92 Å². The second-order valence-corrected chi connectivity index (χ2v) is 8.05. The second-order valence-electron chi connectivity index (χ2n) is 7.68. The van der Waals surface area contributed by atoms with Crippen molar-refractivity contribution < 1.29 is 4.74 Å². The molecular weight excluding hydrogens is 380 g/mol. The Balaban J connectivity index is 1.38. The van der Waals surface area contributed by atoms with Crippen molar-refractivity contribution in [1.82, 2.24) is 19.6 Å². The molecule has 1 unspecified atom stereocenters. The SMILES string of the molecule is Cn1cc(N2CCC(n3ncc(NCC4CCCOC4)c(Cl)c3=O)CC2)cn1. The lowest BCUT2D eigenvalue weighted by atomic mass is 10.0. The average molecular weight is 407 g/mol. The van der Waals surface area contributed by atoms with E-state index < -0.39 is 0 Å². The van der Waals surface area contributed by atoms with Crippen LogP contribution in [0.5, 0.6) is 0 Å². The number of nitrogens with zero attached hydrogens (tertiary/aromatic N) is 5. The van der Waals surface area contributed by atoms with E-state index in [1.165, 1.54) is 0 Å². The lowest BCUT2D eigenvalue weighted by molar-refractivity contribution is 0.0595. The van der Waals surface area contributed by atoms with Gasteiger partial charge in [0, 0.05) is 39.5 Å². The van der Waals surface area contributed by atoms with Crippen LogP contribution in [0.15, 0.2) is 23.4 Å². The number of halogens is 1. The van der Waals surface area contributed by atoms with Crippen molar-refractivity contribution in [2.24, 2.45) is 13.0 Å². The molecule has 9 heteroatoms. The largest absolute Gasteiger partial charge is 0.382 e. The number of hydrogen-bond acceptors (Lipinski definition) is 6. The lowest BCUT2D eigenvalue weighted by Crippen LogP contribution is -2.38. The molecule has 0 aromatic carbocycles. The van der Waals surface area contributed by atoms with Gasteiger partial charge in [-0.1, -0.05) is 11.6 Å². The van der Waals surface area contributed by atoms with Gasteiger partial charge in [0.25, 0.3) is 5.56 Å². The van der Waals surface area contributed by atoms with Crippen molar-refractivity contribution in [3.63, 3.8) is 0 Å². The van der Waals surface area contributed by atoms with Crippen LogP contribution < -0.4 is 15.8 Å². The third-order valence-electron chi connectivity index (χ3n) is 5.65. The van der Waals surface area contributed by atoms with Crippen molar-refractivity contribution in [3.05, 3.63) is 34.0 Å². The molecule has 8 nitrogen and oxygen atoms in total. The quantitative estimate of drug-likeness (QED) is 0.821. The molecule has 0 saturated carbocycles. The standard InChI is InChI=1S/C19H27ClN6O2/c1-24-12-16(10-22-24)25-6-4-15(5-7-25)26-19(27)18(20)17(11-23-26)21-9-14-3-2-8-28-13-14/h10-12,14-15,21H,2-9,13H2,1H3. The number of hydrogen-bond donors (Lipinski definition) is 1. The van der Waals surface area contributed by atoms with Crippen molar-refractivity contribution >= 4 is 23.0 Å². The monoisotopic (exact) mass is 406 g/mol. The van der Waals surface area contributed by atoms with Gasteiger partial charge in [-0.3, -0.25) is 9.48 Å². The van der Waals surface area contributed by atoms with Crippen LogP contribution in [0.1, 0.15) is 31.7 Å². The molecular formula is C19H27ClN6O2. The minimum absolute atomic E-state index is 0.0683. The summed E-state index contributed by atoms with van der Waals surface area (Å²) in [7, 11) is 1.92. The maximum atomic E-state index is 12.8. The van der Waals surface area contributed by atoms with Crippen molar-refractivity contribution in [2.75, 3.05) is 43.1 Å². The lowest BCUT2D eigenvalue weighted by Gasteiger charge is -2.33. The number of nitrogens with one attached hydrogen (secondary N) is 1. The molecule has 0 radical (unpaired) electrons. The van der Waals surface area contributed by atoms with Crippen molar-refractivity contribution in [1.29, 1.82) is 0 Å². The van der Waals surface area contributed by atoms with Gasteiger partial charge >= 0.3 is 0 Å². The fraction of sp³-hybridized carbons (Fsp3) is 0.632. The predicted molar refractivity (Wildman–Crippen MR) is 109 cm³/mol. The molecule has 0 spiro atoms. The third kappa shape index (κ3) is 4.17. The first kappa shape index (κ1) is 19.3. The van der Waals surface area contributed by atoms with Gasteiger partial charge in [0.15, 0.2) is 0 Å². The van der Waals surface area contributed by atoms with E-state index in [-0.39, 0.29) is 16.6 Å². The van der Waals surface area contributed by atoms with Gasteiger partial charge in [-0.15, -0.1) is 0 Å². The van der Waals surface area contributed by atoms with Gasteiger partial charge in [-0.2, -0.15) is 10.2 Å². The Morgan fingerprint density at radius 2 is 2.07 bits per heavy atom. The van der Waals surface area contributed by atoms with Crippen molar-refractivity contribution in [3.8, 4) is 0 Å². The normalized spacial score (nSPS) is 21.1. The second kappa shape index (κ2) is 8.53. The summed E-state index contributed by atoms with van der Waals surface area (Å²) in [6.45, 7) is 4.07. The van der Waals surface area contributed by atoms with Crippen LogP contribution in [-0.4, -0.2) is 52.4 Å². The Morgan fingerprint density at radius 3 is 2.75 bits per heavy atom. The zero-order chi connectivity index (χ0) is 19.5. The van der Waals surface area contributed by atoms with Gasteiger partial charge < -0.3 is 15.0 Å². The Bertz CT molecular complexity index is 852. The smallest absolute Gasteiger partial charge is 0.287 e. The Labute approximate surface area is 169 Å². The zero-order valence-electron chi connectivity index (χ0n) is 16.2. The fourth-order valence-corrected chi connectivity index (χ4v) is 4.19. The number of aryl methyl sites for hydroxylation is 1. The molecule has 0 amide bonds. The van der Waals surface area contributed by atoms with Crippen LogP contribution in [-0.2, 0) is 11.8 Å². The highest BCUT2D eigenvalue weighted by Gasteiger charge is 2.24. The van der Waals surface area contributed by atoms with Crippen LogP contribution >= 0.6 is 11.6 Å². The molecule has 2 aromatic heterocycles. The van der Waals surface area contributed by atoms with Gasteiger partial charge in [-0.05, 0) is 31.6 Å². The van der Waals surface area contributed by atoms with E-state index >= 15 is 0 Å². The van der Waals surface area contributed by atoms with Crippen LogP contribution in [0.4, 0.5) is 11.4 Å². The summed E-state index contributed by atoms with van der Waals surface area (Å²) in [6.07, 6.45) is 9.48. The molecule has 0 aliphatic carbocycles. The summed E-state index contributed by atoms with van der Waals surface area (Å²) in [5, 5.41) is 12.2. The molecule has 2 aromatic rings. The Kier molecular flexibility index (Phi) is 5.87. The number of anilines is 2. The first-order valence-electron chi connectivity index (χ1n) is 9.94. The highest BCUT2D eigenvalue weighted by molar-refractivity contribution is 6.32. The molecule has 1 N–H and O–H groups in total. The molecule has 4 heterocycles. The summed E-state index contributed by atoms with van der Waals surface area (Å²) in [5.74, 6) is 0.448. The summed E-state index contributed by atoms with van der Waals surface area (Å²) >= 11 is 6.37. The number of aromatic nitrogens is 4. The van der Waals surface area contributed by atoms with Crippen molar-refractivity contribution in [2.45, 2.75) is 31.7 Å².